The summed E-state index contributed by atoms with van der Waals surface area (Å²) in [6, 6.07) is 0.182. The van der Waals surface area contributed by atoms with E-state index < -0.39 is 11.6 Å². The number of methoxy groups -OCH3 is 1. The fraction of sp³-hybridized carbons (Fsp3) is 0.852. The normalized spacial score (nSPS) is 24.9. The molecule has 3 heterocycles. The minimum atomic E-state index is -0.632. The van der Waals surface area contributed by atoms with Crippen LogP contribution in [0.1, 0.15) is 342 Å². The number of rotatable bonds is 58. The predicted molar refractivity (Wildman–Crippen MR) is 383 cm³/mol. The highest BCUT2D eigenvalue weighted by Crippen LogP contribution is 2.48. The van der Waals surface area contributed by atoms with Crippen molar-refractivity contribution in [3.8, 4) is 0 Å². The van der Waals surface area contributed by atoms with Crippen molar-refractivity contribution >= 4 is 0 Å². The third kappa shape index (κ3) is 34.9. The number of likely N-dealkylation sites (N-methyl/N-ethyl adjacent to an activating group) is 2. The van der Waals surface area contributed by atoms with Gasteiger partial charge >= 0.3 is 0 Å². The Morgan fingerprint density at radius 2 is 0.663 bits per heavy atom. The molecule has 0 amide bonds. The van der Waals surface area contributed by atoms with Crippen LogP contribution in [-0.4, -0.2) is 111 Å². The first-order valence-corrected chi connectivity index (χ1v) is 38.9. The molecule has 0 bridgehead atoms. The number of nitrogens with zero attached hydrogens (tertiary/aromatic N) is 2. The predicted octanol–water partition coefficient (Wildman–Crippen LogP) is 23.1. The molecular formula is C81H146N2O6. The summed E-state index contributed by atoms with van der Waals surface area (Å²) in [4.78, 5) is 4.78. The van der Waals surface area contributed by atoms with E-state index in [1.165, 1.54) is 238 Å². The van der Waals surface area contributed by atoms with Gasteiger partial charge in [0.1, 0.15) is 24.4 Å². The summed E-state index contributed by atoms with van der Waals surface area (Å²) in [6.45, 7) is 10.7. The molecule has 0 aromatic carbocycles. The Labute approximate surface area is 552 Å². The SMILES string of the molecule is CCCCC/C=C\C/C=C\CCCCCCCCC1(CCCCCCCC/C=C\C/C=C\CCCCC)O[C@@H]2[C@H](O1)[C@@H](OC)CN(C)C[C@H]2OC1[C@H](N(C)C)C[C@H]2OC(CCCCCCCC/C=C\C/C=C\CCCCC)(CCCCCCCCCC)O[C@@H]12. The second kappa shape index (κ2) is 52.4. The van der Waals surface area contributed by atoms with E-state index in [0.29, 0.717) is 0 Å². The van der Waals surface area contributed by atoms with Crippen LogP contribution in [0.2, 0.25) is 0 Å². The molecule has 89 heavy (non-hydrogen) atoms. The van der Waals surface area contributed by atoms with Crippen molar-refractivity contribution < 1.29 is 28.4 Å². The van der Waals surface area contributed by atoms with Crippen molar-refractivity contribution in [3.63, 3.8) is 0 Å². The number of hydrogen-bond acceptors (Lipinski definition) is 8. The molecule has 8 heteroatoms. The molecule has 0 aromatic rings. The van der Waals surface area contributed by atoms with Gasteiger partial charge in [0, 0.05) is 51.9 Å². The van der Waals surface area contributed by atoms with Crippen LogP contribution in [-0.2, 0) is 28.4 Å². The molecular weight excluding hydrogens is 1100 g/mol. The van der Waals surface area contributed by atoms with E-state index in [0.717, 1.165) is 90.1 Å². The average Bonchev–Trinajstić information content (AvgIpc) is 1.62. The summed E-state index contributed by atoms with van der Waals surface area (Å²) in [6.07, 6.45) is 87.5. The van der Waals surface area contributed by atoms with Crippen molar-refractivity contribution in [2.24, 2.45) is 0 Å². The van der Waals surface area contributed by atoms with Gasteiger partial charge in [0.15, 0.2) is 11.6 Å². The molecule has 0 N–H and O–H groups in total. The number of unbranched alkanes of at least 4 members (excludes halogenated alkanes) is 34. The van der Waals surface area contributed by atoms with Crippen LogP contribution < -0.4 is 0 Å². The first-order chi connectivity index (χ1) is 43.7. The standard InChI is InChI=1S/C81H146N2O6/c1-9-13-17-21-25-29-32-35-38-41-44-47-50-54-58-62-66-80(65-61-57-53-28-24-20-16-12-4)86-73-69-72(82(5)6)76(77(73)87-80)85-75-71-83(7)70-74(84-8)78-79(75)89-81(88-78,67-63-59-55-51-48-45-42-39-36-33-30-26-22-18-14-10-2)68-64-60-56-52-49-46-43-40-37-34-31-27-23-19-15-11-3/h25-27,29-31,35-40,72-79H,9-24,28,32-34,41-71H2,1-8H3/b29-25-,30-26-,31-27-,38-35-,39-36-,40-37-/t72-,73-,74+,75-,76?,77-,78-,79+,80?/m1/s1. The van der Waals surface area contributed by atoms with Crippen LogP contribution in [0.4, 0.5) is 0 Å². The molecule has 4 fully saturated rings. The summed E-state index contributed by atoms with van der Waals surface area (Å²) in [5, 5.41) is 0. The van der Waals surface area contributed by atoms with Crippen LogP contribution in [0.5, 0.6) is 0 Å². The summed E-state index contributed by atoms with van der Waals surface area (Å²) in [5.41, 5.74) is 0. The topological polar surface area (TPSA) is 61.9 Å². The second-order valence-electron chi connectivity index (χ2n) is 28.4. The third-order valence-electron chi connectivity index (χ3n) is 20.0. The van der Waals surface area contributed by atoms with Crippen molar-refractivity contribution in [1.82, 2.24) is 9.80 Å². The van der Waals surface area contributed by atoms with E-state index >= 15 is 0 Å². The van der Waals surface area contributed by atoms with Crippen LogP contribution in [0.15, 0.2) is 72.9 Å². The van der Waals surface area contributed by atoms with E-state index in [9.17, 15) is 0 Å². The van der Waals surface area contributed by atoms with Gasteiger partial charge in [-0.05, 0) is 150 Å². The Balaban J connectivity index is 1.40. The monoisotopic (exact) mass is 1240 g/mol. The maximum atomic E-state index is 7.71. The molecule has 0 radical (unpaired) electrons. The lowest BCUT2D eigenvalue weighted by Crippen LogP contribution is -2.51. The van der Waals surface area contributed by atoms with Gasteiger partial charge in [0.25, 0.3) is 0 Å². The molecule has 2 unspecified atom stereocenters. The lowest BCUT2D eigenvalue weighted by molar-refractivity contribution is -0.223. The fourth-order valence-electron chi connectivity index (χ4n) is 14.5. The fourth-order valence-corrected chi connectivity index (χ4v) is 14.5. The number of allylic oxidation sites excluding steroid dienone is 12. The van der Waals surface area contributed by atoms with E-state index in [1.807, 2.05) is 7.11 Å². The Kier molecular flexibility index (Phi) is 46.8. The van der Waals surface area contributed by atoms with Crippen molar-refractivity contribution in [1.29, 1.82) is 0 Å². The maximum Gasteiger partial charge on any atom is 0.169 e. The smallest absolute Gasteiger partial charge is 0.169 e. The zero-order chi connectivity index (χ0) is 63.6. The molecule has 0 spiro atoms. The van der Waals surface area contributed by atoms with Crippen LogP contribution in [0.25, 0.3) is 0 Å². The van der Waals surface area contributed by atoms with Crippen molar-refractivity contribution in [3.05, 3.63) is 72.9 Å². The summed E-state index contributed by atoms with van der Waals surface area (Å²) in [7, 11) is 8.55. The number of likely N-dealkylation sites (tertiary alicyclic amines) is 1. The Hall–Kier alpha value is -1.88. The van der Waals surface area contributed by atoms with Gasteiger partial charge in [-0.2, -0.15) is 0 Å². The van der Waals surface area contributed by atoms with Gasteiger partial charge < -0.3 is 38.2 Å². The molecule has 1 aliphatic carbocycles. The maximum absolute atomic E-state index is 7.71. The lowest BCUT2D eigenvalue weighted by atomic mass is 9.98. The molecule has 3 saturated heterocycles. The number of hydrogen-bond donors (Lipinski definition) is 0. The third-order valence-corrected chi connectivity index (χ3v) is 20.0. The Morgan fingerprint density at radius 3 is 1.02 bits per heavy atom. The highest BCUT2D eigenvalue weighted by atomic mass is 16.8. The first-order valence-electron chi connectivity index (χ1n) is 38.9. The van der Waals surface area contributed by atoms with Gasteiger partial charge in [-0.25, -0.2) is 0 Å². The van der Waals surface area contributed by atoms with Gasteiger partial charge in [-0.15, -0.1) is 0 Å². The van der Waals surface area contributed by atoms with E-state index in [2.05, 4.69) is 132 Å². The molecule has 1 saturated carbocycles. The second-order valence-corrected chi connectivity index (χ2v) is 28.4. The summed E-state index contributed by atoms with van der Waals surface area (Å²) >= 11 is 0. The van der Waals surface area contributed by atoms with Crippen LogP contribution >= 0.6 is 0 Å². The molecule has 3 aliphatic heterocycles. The molecule has 4 rings (SSSR count). The summed E-state index contributed by atoms with van der Waals surface area (Å²) < 4.78 is 44.1. The molecule has 516 valence electrons. The number of ether oxygens (including phenoxy) is 6. The number of fused-ring (bicyclic) bond motifs is 2. The zero-order valence-electron chi connectivity index (χ0n) is 60.0. The minimum Gasteiger partial charge on any atom is -0.377 e. The van der Waals surface area contributed by atoms with Crippen LogP contribution in [0, 0.1) is 0 Å². The Morgan fingerprint density at radius 1 is 0.371 bits per heavy atom. The van der Waals surface area contributed by atoms with Gasteiger partial charge in [-0.1, -0.05) is 261 Å². The van der Waals surface area contributed by atoms with Gasteiger partial charge in [-0.3, -0.25) is 0 Å². The highest BCUT2D eigenvalue weighted by molar-refractivity contribution is 5.06. The largest absolute Gasteiger partial charge is 0.377 e. The molecule has 9 atom stereocenters. The van der Waals surface area contributed by atoms with E-state index in [4.69, 9.17) is 28.4 Å². The molecule has 8 nitrogen and oxygen atoms in total. The van der Waals surface area contributed by atoms with Gasteiger partial charge in [0.2, 0.25) is 0 Å². The quantitative estimate of drug-likeness (QED) is 0.0441. The van der Waals surface area contributed by atoms with Crippen molar-refractivity contribution in [2.75, 3.05) is 41.3 Å². The highest BCUT2D eigenvalue weighted by Gasteiger charge is 2.60. The zero-order valence-corrected chi connectivity index (χ0v) is 60.0. The minimum absolute atomic E-state index is 0.0181. The van der Waals surface area contributed by atoms with Gasteiger partial charge in [0.05, 0.1) is 18.3 Å². The first kappa shape index (κ1) is 79.6. The van der Waals surface area contributed by atoms with E-state index in [-0.39, 0.29) is 48.8 Å². The summed E-state index contributed by atoms with van der Waals surface area (Å²) in [5.74, 6) is -1.17. The van der Waals surface area contributed by atoms with Crippen LogP contribution in [0.3, 0.4) is 0 Å². The molecule has 4 aliphatic rings. The lowest BCUT2D eigenvalue weighted by Gasteiger charge is -2.37. The Bertz CT molecular complexity index is 1780. The average molecular weight is 1240 g/mol. The molecule has 0 aromatic heterocycles. The van der Waals surface area contributed by atoms with E-state index in [1.54, 1.807) is 0 Å². The van der Waals surface area contributed by atoms with Crippen molar-refractivity contribution in [2.45, 2.75) is 403 Å².